The van der Waals surface area contributed by atoms with Gasteiger partial charge in [0.25, 0.3) is 0 Å². The molecule has 1 heterocycles. The quantitative estimate of drug-likeness (QED) is 0.479. The van der Waals surface area contributed by atoms with E-state index in [-0.39, 0.29) is 5.57 Å². The lowest BCUT2D eigenvalue weighted by atomic mass is 9.94. The maximum atomic E-state index is 12.1. The SMILES string of the molecule is COC(=O)C(C#N)=C1C=C(c2ccc(OC)cc2)Oc2ccc(C)cc21. The molecule has 0 saturated heterocycles. The topological polar surface area (TPSA) is 68.6 Å². The van der Waals surface area contributed by atoms with E-state index in [0.717, 1.165) is 16.9 Å². The van der Waals surface area contributed by atoms with Crippen LogP contribution < -0.4 is 9.47 Å². The average molecular weight is 347 g/mol. The van der Waals surface area contributed by atoms with Crippen molar-refractivity contribution in [2.75, 3.05) is 14.2 Å². The van der Waals surface area contributed by atoms with Gasteiger partial charge in [-0.05, 0) is 49.4 Å². The Morgan fingerprint density at radius 3 is 2.46 bits per heavy atom. The van der Waals surface area contributed by atoms with E-state index < -0.39 is 5.97 Å². The number of esters is 1. The van der Waals surface area contributed by atoms with E-state index in [2.05, 4.69) is 0 Å². The first-order valence-electron chi connectivity index (χ1n) is 7.95. The van der Waals surface area contributed by atoms with Crippen LogP contribution in [0.3, 0.4) is 0 Å². The van der Waals surface area contributed by atoms with E-state index in [1.165, 1.54) is 7.11 Å². The molecule has 130 valence electrons. The van der Waals surface area contributed by atoms with Gasteiger partial charge in [-0.25, -0.2) is 4.79 Å². The van der Waals surface area contributed by atoms with Crippen molar-refractivity contribution in [3.63, 3.8) is 0 Å². The molecule has 2 aromatic rings. The minimum Gasteiger partial charge on any atom is -0.497 e. The number of fused-ring (bicyclic) bond motifs is 1. The highest BCUT2D eigenvalue weighted by atomic mass is 16.5. The molecule has 1 aliphatic heterocycles. The Kier molecular flexibility index (Phi) is 4.76. The molecule has 0 unspecified atom stereocenters. The number of benzene rings is 2. The van der Waals surface area contributed by atoms with Crippen molar-refractivity contribution in [3.8, 4) is 17.6 Å². The molecule has 2 aromatic carbocycles. The number of carbonyl (C=O) groups is 1. The van der Waals surface area contributed by atoms with Gasteiger partial charge in [0.1, 0.15) is 28.9 Å². The Bertz CT molecular complexity index is 962. The number of methoxy groups -OCH3 is 2. The Balaban J connectivity index is 2.20. The van der Waals surface area contributed by atoms with E-state index in [9.17, 15) is 10.1 Å². The first-order valence-corrected chi connectivity index (χ1v) is 7.95. The molecular formula is C21H17NO4. The molecule has 0 N–H and O–H groups in total. The zero-order valence-electron chi connectivity index (χ0n) is 14.7. The van der Waals surface area contributed by atoms with Crippen molar-refractivity contribution < 1.29 is 19.0 Å². The van der Waals surface area contributed by atoms with E-state index >= 15 is 0 Å². The largest absolute Gasteiger partial charge is 0.497 e. The molecule has 0 aliphatic carbocycles. The first-order chi connectivity index (χ1) is 12.6. The van der Waals surface area contributed by atoms with Gasteiger partial charge in [0.05, 0.1) is 14.2 Å². The fourth-order valence-electron chi connectivity index (χ4n) is 2.72. The molecular weight excluding hydrogens is 330 g/mol. The Morgan fingerprint density at radius 1 is 1.12 bits per heavy atom. The van der Waals surface area contributed by atoms with Crippen LogP contribution in [-0.4, -0.2) is 20.2 Å². The van der Waals surface area contributed by atoms with Gasteiger partial charge in [-0.1, -0.05) is 11.6 Å². The lowest BCUT2D eigenvalue weighted by molar-refractivity contribution is -0.135. The number of carbonyl (C=O) groups excluding carboxylic acids is 1. The predicted octanol–water partition coefficient (Wildman–Crippen LogP) is 3.89. The van der Waals surface area contributed by atoms with Gasteiger partial charge in [0.15, 0.2) is 0 Å². The molecule has 0 aromatic heterocycles. The van der Waals surface area contributed by atoms with E-state index in [1.807, 2.05) is 55.5 Å². The second-order valence-corrected chi connectivity index (χ2v) is 5.73. The third kappa shape index (κ3) is 3.17. The minimum atomic E-state index is -0.679. The Hall–Kier alpha value is -3.52. The van der Waals surface area contributed by atoms with Gasteiger partial charge < -0.3 is 14.2 Å². The van der Waals surface area contributed by atoms with Crippen LogP contribution >= 0.6 is 0 Å². The molecule has 1 aliphatic rings. The molecule has 0 fully saturated rings. The molecule has 0 bridgehead atoms. The molecule has 5 heteroatoms. The molecule has 0 amide bonds. The molecule has 0 saturated carbocycles. The second kappa shape index (κ2) is 7.16. The van der Waals surface area contributed by atoms with Gasteiger partial charge in [-0.2, -0.15) is 5.26 Å². The summed E-state index contributed by atoms with van der Waals surface area (Å²) in [6.45, 7) is 1.94. The molecule has 0 spiro atoms. The second-order valence-electron chi connectivity index (χ2n) is 5.73. The van der Waals surface area contributed by atoms with Gasteiger partial charge >= 0.3 is 5.97 Å². The van der Waals surface area contributed by atoms with Crippen molar-refractivity contribution in [3.05, 3.63) is 70.8 Å². The fourth-order valence-corrected chi connectivity index (χ4v) is 2.72. The maximum absolute atomic E-state index is 12.1. The first kappa shape index (κ1) is 17.3. The molecule has 3 rings (SSSR count). The number of rotatable bonds is 3. The number of hydrogen-bond acceptors (Lipinski definition) is 5. The average Bonchev–Trinajstić information content (AvgIpc) is 2.68. The zero-order chi connectivity index (χ0) is 18.7. The third-order valence-electron chi connectivity index (χ3n) is 4.07. The fraction of sp³-hybridized carbons (Fsp3) is 0.143. The van der Waals surface area contributed by atoms with Crippen LogP contribution in [0.5, 0.6) is 11.5 Å². The molecule has 5 nitrogen and oxygen atoms in total. The highest BCUT2D eigenvalue weighted by Crippen LogP contribution is 2.39. The number of hydrogen-bond donors (Lipinski definition) is 0. The summed E-state index contributed by atoms with van der Waals surface area (Å²) >= 11 is 0. The Labute approximate surface area is 151 Å². The predicted molar refractivity (Wildman–Crippen MR) is 97.3 cm³/mol. The third-order valence-corrected chi connectivity index (χ3v) is 4.07. The minimum absolute atomic E-state index is 0.0614. The van der Waals surface area contributed by atoms with E-state index in [4.69, 9.17) is 14.2 Å². The summed E-state index contributed by atoms with van der Waals surface area (Å²) in [5.74, 6) is 1.16. The van der Waals surface area contributed by atoms with Gasteiger partial charge in [0, 0.05) is 16.7 Å². The van der Waals surface area contributed by atoms with Crippen LogP contribution in [0.4, 0.5) is 0 Å². The summed E-state index contributed by atoms with van der Waals surface area (Å²) < 4.78 is 16.0. The van der Waals surface area contributed by atoms with Crippen molar-refractivity contribution >= 4 is 17.3 Å². The summed E-state index contributed by atoms with van der Waals surface area (Å²) in [5, 5.41) is 9.50. The van der Waals surface area contributed by atoms with Crippen molar-refractivity contribution in [2.24, 2.45) is 0 Å². The smallest absolute Gasteiger partial charge is 0.349 e. The Morgan fingerprint density at radius 2 is 1.85 bits per heavy atom. The highest BCUT2D eigenvalue weighted by Gasteiger charge is 2.24. The van der Waals surface area contributed by atoms with Gasteiger partial charge in [-0.3, -0.25) is 0 Å². The maximum Gasteiger partial charge on any atom is 0.349 e. The molecule has 0 radical (unpaired) electrons. The van der Waals surface area contributed by atoms with Crippen molar-refractivity contribution in [2.45, 2.75) is 6.92 Å². The van der Waals surface area contributed by atoms with Crippen LogP contribution in [0.1, 0.15) is 16.7 Å². The van der Waals surface area contributed by atoms with Gasteiger partial charge in [-0.15, -0.1) is 0 Å². The summed E-state index contributed by atoms with van der Waals surface area (Å²) in [6.07, 6.45) is 1.69. The number of nitriles is 1. The zero-order valence-corrected chi connectivity index (χ0v) is 14.7. The number of nitrogens with zero attached hydrogens (tertiary/aromatic N) is 1. The van der Waals surface area contributed by atoms with Gasteiger partial charge in [0.2, 0.25) is 0 Å². The van der Waals surface area contributed by atoms with Crippen LogP contribution in [0.25, 0.3) is 11.3 Å². The van der Waals surface area contributed by atoms with Crippen LogP contribution in [0.2, 0.25) is 0 Å². The summed E-state index contributed by atoms with van der Waals surface area (Å²) in [6, 6.07) is 14.9. The van der Waals surface area contributed by atoms with E-state index in [1.54, 1.807) is 13.2 Å². The molecule has 0 atom stereocenters. The van der Waals surface area contributed by atoms with Crippen LogP contribution in [0, 0.1) is 18.3 Å². The lowest BCUT2D eigenvalue weighted by Gasteiger charge is -2.21. The lowest BCUT2D eigenvalue weighted by Crippen LogP contribution is -2.10. The van der Waals surface area contributed by atoms with Crippen molar-refractivity contribution in [1.82, 2.24) is 0 Å². The summed E-state index contributed by atoms with van der Waals surface area (Å²) in [5.41, 5.74) is 2.90. The summed E-state index contributed by atoms with van der Waals surface area (Å²) in [7, 11) is 2.85. The van der Waals surface area contributed by atoms with Crippen LogP contribution in [-0.2, 0) is 9.53 Å². The number of ether oxygens (including phenoxy) is 3. The van der Waals surface area contributed by atoms with Crippen molar-refractivity contribution in [1.29, 1.82) is 5.26 Å². The summed E-state index contributed by atoms with van der Waals surface area (Å²) in [4.78, 5) is 12.1. The number of aryl methyl sites for hydroxylation is 1. The standard InChI is InChI=1S/C21H17NO4/c1-13-4-9-19-17(10-13)16(18(12-22)21(23)25-3)11-20(26-19)14-5-7-15(24-2)8-6-14/h4-11H,1-3H3. The number of allylic oxidation sites excluding steroid dienone is 2. The van der Waals surface area contributed by atoms with Crippen LogP contribution in [0.15, 0.2) is 54.1 Å². The van der Waals surface area contributed by atoms with E-state index in [0.29, 0.717) is 22.6 Å². The monoisotopic (exact) mass is 347 g/mol. The molecule has 26 heavy (non-hydrogen) atoms. The normalized spacial score (nSPS) is 14.3. The highest BCUT2D eigenvalue weighted by molar-refractivity contribution is 6.06.